The van der Waals surface area contributed by atoms with E-state index in [9.17, 15) is 0 Å². The predicted octanol–water partition coefficient (Wildman–Crippen LogP) is 5.44. The first-order valence-corrected chi connectivity index (χ1v) is 7.80. The minimum Gasteiger partial charge on any atom is -0.256 e. The van der Waals surface area contributed by atoms with Gasteiger partial charge in [-0.1, -0.05) is 54.6 Å². The molecule has 0 unspecified atom stereocenters. The quantitative estimate of drug-likeness (QED) is 0.494. The van der Waals surface area contributed by atoms with Gasteiger partial charge in [0.05, 0.1) is 17.3 Å². The van der Waals surface area contributed by atoms with Crippen molar-refractivity contribution in [1.82, 2.24) is 4.98 Å². The first-order chi connectivity index (χ1) is 11.8. The zero-order valence-corrected chi connectivity index (χ0v) is 13.0. The molecule has 4 rings (SSSR count). The minimum atomic E-state index is 0.672. The van der Waals surface area contributed by atoms with Crippen molar-refractivity contribution in [3.8, 4) is 28.5 Å². The van der Waals surface area contributed by atoms with Crippen LogP contribution in [0.2, 0.25) is 0 Å². The molecule has 24 heavy (non-hydrogen) atoms. The van der Waals surface area contributed by atoms with Gasteiger partial charge in [0.2, 0.25) is 0 Å². The molecule has 0 N–H and O–H groups in total. The number of aromatic nitrogens is 1. The molecule has 0 aliphatic rings. The average Bonchev–Trinajstić information content (AvgIpc) is 2.68. The molecule has 0 aliphatic carbocycles. The van der Waals surface area contributed by atoms with Gasteiger partial charge in [-0.3, -0.25) is 4.98 Å². The Labute approximate surface area is 140 Å². The summed E-state index contributed by atoms with van der Waals surface area (Å²) in [6, 6.07) is 28.5. The van der Waals surface area contributed by atoms with Gasteiger partial charge < -0.3 is 0 Å². The highest BCUT2D eigenvalue weighted by molar-refractivity contribution is 5.95. The van der Waals surface area contributed by atoms with Crippen LogP contribution >= 0.6 is 0 Å². The van der Waals surface area contributed by atoms with Crippen LogP contribution in [-0.2, 0) is 0 Å². The standard InChI is InChI=1S/C22H14N2/c23-15-16-8-10-17(11-9-16)19-5-3-6-20(14-19)22-21-7-2-1-4-18(21)12-13-24-22/h1-14H. The molecular weight excluding hydrogens is 292 g/mol. The van der Waals surface area contributed by atoms with Crippen LogP contribution in [0.1, 0.15) is 5.56 Å². The normalized spacial score (nSPS) is 10.5. The molecule has 0 radical (unpaired) electrons. The van der Waals surface area contributed by atoms with E-state index in [1.807, 2.05) is 54.7 Å². The van der Waals surface area contributed by atoms with Crippen molar-refractivity contribution in [1.29, 1.82) is 5.26 Å². The third-order valence-corrected chi connectivity index (χ3v) is 4.16. The Bertz CT molecular complexity index is 1050. The molecule has 2 heteroatoms. The SMILES string of the molecule is N#Cc1ccc(-c2cccc(-c3nccc4ccccc34)c2)cc1. The fraction of sp³-hybridized carbons (Fsp3) is 0. The summed E-state index contributed by atoms with van der Waals surface area (Å²) in [5.74, 6) is 0. The summed E-state index contributed by atoms with van der Waals surface area (Å²) in [7, 11) is 0. The molecule has 0 saturated heterocycles. The smallest absolute Gasteiger partial charge is 0.0991 e. The van der Waals surface area contributed by atoms with E-state index < -0.39 is 0 Å². The lowest BCUT2D eigenvalue weighted by atomic mass is 9.98. The van der Waals surface area contributed by atoms with Crippen LogP contribution in [0, 0.1) is 11.3 Å². The van der Waals surface area contributed by atoms with Crippen LogP contribution in [0.5, 0.6) is 0 Å². The highest BCUT2D eigenvalue weighted by Gasteiger charge is 2.06. The topological polar surface area (TPSA) is 36.7 Å². The molecule has 112 valence electrons. The van der Waals surface area contributed by atoms with Crippen LogP contribution in [0.4, 0.5) is 0 Å². The van der Waals surface area contributed by atoms with Crippen molar-refractivity contribution in [3.05, 3.63) is 90.6 Å². The summed E-state index contributed by atoms with van der Waals surface area (Å²) < 4.78 is 0. The van der Waals surface area contributed by atoms with Crippen molar-refractivity contribution < 1.29 is 0 Å². The zero-order chi connectivity index (χ0) is 16.4. The van der Waals surface area contributed by atoms with Gasteiger partial charge in [0.15, 0.2) is 0 Å². The number of benzene rings is 3. The number of nitrogens with zero attached hydrogens (tertiary/aromatic N) is 2. The number of hydrogen-bond donors (Lipinski definition) is 0. The molecule has 3 aromatic carbocycles. The molecule has 0 atom stereocenters. The van der Waals surface area contributed by atoms with Crippen LogP contribution in [-0.4, -0.2) is 4.98 Å². The summed E-state index contributed by atoms with van der Waals surface area (Å²) in [6.45, 7) is 0. The monoisotopic (exact) mass is 306 g/mol. The Balaban J connectivity index is 1.83. The minimum absolute atomic E-state index is 0.672. The maximum atomic E-state index is 8.93. The van der Waals surface area contributed by atoms with Gasteiger partial charge in [0.1, 0.15) is 0 Å². The second kappa shape index (κ2) is 5.98. The van der Waals surface area contributed by atoms with Crippen molar-refractivity contribution >= 4 is 10.8 Å². The summed E-state index contributed by atoms with van der Waals surface area (Å²) in [6.07, 6.45) is 1.85. The Morgan fingerprint density at radius 1 is 0.708 bits per heavy atom. The molecule has 0 fully saturated rings. The van der Waals surface area contributed by atoms with E-state index in [-0.39, 0.29) is 0 Å². The molecule has 1 heterocycles. The largest absolute Gasteiger partial charge is 0.256 e. The van der Waals surface area contributed by atoms with E-state index in [2.05, 4.69) is 41.4 Å². The van der Waals surface area contributed by atoms with Gasteiger partial charge >= 0.3 is 0 Å². The van der Waals surface area contributed by atoms with Gasteiger partial charge in [-0.2, -0.15) is 5.26 Å². The first-order valence-electron chi connectivity index (χ1n) is 7.80. The highest BCUT2D eigenvalue weighted by atomic mass is 14.7. The number of rotatable bonds is 2. The second-order valence-corrected chi connectivity index (χ2v) is 5.65. The van der Waals surface area contributed by atoms with Gasteiger partial charge in [-0.05, 0) is 40.8 Å². The predicted molar refractivity (Wildman–Crippen MR) is 97.3 cm³/mol. The average molecular weight is 306 g/mol. The van der Waals surface area contributed by atoms with E-state index in [4.69, 9.17) is 5.26 Å². The van der Waals surface area contributed by atoms with Gasteiger partial charge in [0.25, 0.3) is 0 Å². The Morgan fingerprint density at radius 2 is 1.50 bits per heavy atom. The highest BCUT2D eigenvalue weighted by Crippen LogP contribution is 2.29. The van der Waals surface area contributed by atoms with Crippen molar-refractivity contribution in [2.45, 2.75) is 0 Å². The van der Waals surface area contributed by atoms with Gasteiger partial charge in [0, 0.05) is 17.1 Å². The summed E-state index contributed by atoms with van der Waals surface area (Å²) >= 11 is 0. The molecule has 0 amide bonds. The van der Waals surface area contributed by atoms with Crippen LogP contribution in [0.15, 0.2) is 85.1 Å². The molecule has 0 saturated carbocycles. The van der Waals surface area contributed by atoms with Crippen molar-refractivity contribution in [3.63, 3.8) is 0 Å². The third-order valence-electron chi connectivity index (χ3n) is 4.16. The second-order valence-electron chi connectivity index (χ2n) is 5.65. The Kier molecular flexibility index (Phi) is 3.53. The third kappa shape index (κ3) is 2.53. The van der Waals surface area contributed by atoms with E-state index in [0.29, 0.717) is 5.56 Å². The molecule has 2 nitrogen and oxygen atoms in total. The van der Waals surface area contributed by atoms with E-state index >= 15 is 0 Å². The van der Waals surface area contributed by atoms with Crippen molar-refractivity contribution in [2.75, 3.05) is 0 Å². The summed E-state index contributed by atoms with van der Waals surface area (Å²) in [4.78, 5) is 4.60. The number of hydrogen-bond acceptors (Lipinski definition) is 2. The van der Waals surface area contributed by atoms with E-state index in [1.165, 1.54) is 5.39 Å². The van der Waals surface area contributed by atoms with Crippen LogP contribution in [0.25, 0.3) is 33.2 Å². The Hall–Kier alpha value is -3.44. The maximum absolute atomic E-state index is 8.93. The van der Waals surface area contributed by atoms with Gasteiger partial charge in [-0.15, -0.1) is 0 Å². The molecule has 0 bridgehead atoms. The number of nitriles is 1. The van der Waals surface area contributed by atoms with Crippen molar-refractivity contribution in [2.24, 2.45) is 0 Å². The molecule has 0 spiro atoms. The van der Waals surface area contributed by atoms with E-state index in [1.54, 1.807) is 0 Å². The lowest BCUT2D eigenvalue weighted by Crippen LogP contribution is -1.87. The molecule has 4 aromatic rings. The molecule has 0 aliphatic heterocycles. The van der Waals surface area contributed by atoms with E-state index in [0.717, 1.165) is 27.8 Å². The fourth-order valence-electron chi connectivity index (χ4n) is 2.93. The maximum Gasteiger partial charge on any atom is 0.0991 e. The molecule has 1 aromatic heterocycles. The Morgan fingerprint density at radius 3 is 2.33 bits per heavy atom. The lowest BCUT2D eigenvalue weighted by Gasteiger charge is -2.08. The first kappa shape index (κ1) is 14.2. The number of pyridine rings is 1. The summed E-state index contributed by atoms with van der Waals surface area (Å²) in [5.41, 5.74) is 4.96. The van der Waals surface area contributed by atoms with Crippen LogP contribution < -0.4 is 0 Å². The van der Waals surface area contributed by atoms with Gasteiger partial charge in [-0.25, -0.2) is 0 Å². The lowest BCUT2D eigenvalue weighted by molar-refractivity contribution is 1.36. The fourth-order valence-corrected chi connectivity index (χ4v) is 2.93. The number of fused-ring (bicyclic) bond motifs is 1. The zero-order valence-electron chi connectivity index (χ0n) is 13.0. The summed E-state index contributed by atoms with van der Waals surface area (Å²) in [5, 5.41) is 11.3. The van der Waals surface area contributed by atoms with Crippen LogP contribution in [0.3, 0.4) is 0 Å². The molecular formula is C22H14N2.